The second-order valence-corrected chi connectivity index (χ2v) is 9.58. The van der Waals surface area contributed by atoms with Crippen LogP contribution in [0.2, 0.25) is 0 Å². The van der Waals surface area contributed by atoms with Gasteiger partial charge in [0, 0.05) is 50.0 Å². The first-order valence-corrected chi connectivity index (χ1v) is 10.9. The molecule has 25 heavy (non-hydrogen) atoms. The van der Waals surface area contributed by atoms with Gasteiger partial charge in [-0.1, -0.05) is 6.07 Å². The summed E-state index contributed by atoms with van der Waals surface area (Å²) >= 11 is 0. The number of aromatic nitrogens is 1. The van der Waals surface area contributed by atoms with E-state index in [-0.39, 0.29) is 11.2 Å². The predicted octanol–water partition coefficient (Wildman–Crippen LogP) is 0.979. The average Bonchev–Trinajstić information content (AvgIpc) is 2.63. The topological polar surface area (TPSA) is 65.5 Å². The number of nitrogens with zero attached hydrogens (tertiary/aromatic N) is 3. The highest BCUT2D eigenvalue weighted by Gasteiger charge is 2.38. The minimum absolute atomic E-state index is 0.0742. The molecule has 2 saturated heterocycles. The van der Waals surface area contributed by atoms with Gasteiger partial charge in [0.25, 0.3) is 0 Å². The molecule has 2 aliphatic rings. The van der Waals surface area contributed by atoms with Crippen molar-refractivity contribution in [1.82, 2.24) is 19.5 Å². The Morgan fingerprint density at radius 3 is 2.40 bits per heavy atom. The third-order valence-electron chi connectivity index (χ3n) is 5.63. The summed E-state index contributed by atoms with van der Waals surface area (Å²) in [7, 11) is -3.07. The van der Waals surface area contributed by atoms with Crippen LogP contribution in [0.15, 0.2) is 18.3 Å². The first-order chi connectivity index (χ1) is 12.0. The smallest absolute Gasteiger partial charge is 0.213 e. The van der Waals surface area contributed by atoms with E-state index >= 15 is 0 Å². The summed E-state index contributed by atoms with van der Waals surface area (Å²) in [5, 5.41) is 3.46. The van der Waals surface area contributed by atoms with Crippen LogP contribution in [0.4, 0.5) is 0 Å². The Balaban J connectivity index is 1.71. The van der Waals surface area contributed by atoms with Crippen molar-refractivity contribution in [3.63, 3.8) is 0 Å². The lowest BCUT2D eigenvalue weighted by Crippen LogP contribution is -2.54. The summed E-state index contributed by atoms with van der Waals surface area (Å²) in [6, 6.07) is 4.33. The van der Waals surface area contributed by atoms with Crippen LogP contribution in [0.3, 0.4) is 0 Å². The van der Waals surface area contributed by atoms with E-state index in [2.05, 4.69) is 29.3 Å². The highest BCUT2D eigenvalue weighted by Crippen LogP contribution is 2.33. The van der Waals surface area contributed by atoms with Crippen molar-refractivity contribution in [2.24, 2.45) is 0 Å². The molecule has 3 rings (SSSR count). The molecule has 0 amide bonds. The zero-order valence-electron chi connectivity index (χ0n) is 15.4. The molecule has 2 aliphatic heterocycles. The average molecular weight is 367 g/mol. The van der Waals surface area contributed by atoms with Crippen LogP contribution in [0.5, 0.6) is 0 Å². The summed E-state index contributed by atoms with van der Waals surface area (Å²) in [5.74, 6) is 0.190. The summed E-state index contributed by atoms with van der Waals surface area (Å²) in [6.45, 7) is 9.59. The normalized spacial score (nSPS) is 22.8. The monoisotopic (exact) mass is 366 g/mol. The van der Waals surface area contributed by atoms with Crippen LogP contribution >= 0.6 is 0 Å². The third-order valence-corrected chi connectivity index (χ3v) is 7.51. The van der Waals surface area contributed by atoms with Gasteiger partial charge >= 0.3 is 0 Å². The summed E-state index contributed by atoms with van der Waals surface area (Å²) < 4.78 is 25.8. The van der Waals surface area contributed by atoms with Crippen LogP contribution in [0, 0.1) is 6.92 Å². The number of sulfonamides is 1. The molecular weight excluding hydrogens is 336 g/mol. The van der Waals surface area contributed by atoms with E-state index in [0.717, 1.165) is 45.6 Å². The number of nitrogens with one attached hydrogen (secondary N) is 1. The zero-order valence-corrected chi connectivity index (χ0v) is 16.2. The van der Waals surface area contributed by atoms with E-state index < -0.39 is 10.0 Å². The lowest BCUT2D eigenvalue weighted by molar-refractivity contribution is 0.131. The lowest BCUT2D eigenvalue weighted by atomic mass is 9.75. The van der Waals surface area contributed by atoms with E-state index in [4.69, 9.17) is 4.98 Å². The zero-order chi connectivity index (χ0) is 17.9. The molecular formula is C18H30N4O2S. The minimum Gasteiger partial charge on any atom is -0.317 e. The predicted molar refractivity (Wildman–Crippen MR) is 100 cm³/mol. The molecule has 7 heteroatoms. The first kappa shape index (κ1) is 18.8. The molecule has 1 N–H and O–H groups in total. The fraction of sp³-hybridized carbons (Fsp3) is 0.722. The van der Waals surface area contributed by atoms with Crippen LogP contribution < -0.4 is 5.32 Å². The molecule has 3 heterocycles. The van der Waals surface area contributed by atoms with Crippen molar-refractivity contribution in [1.29, 1.82) is 0 Å². The molecule has 0 spiro atoms. The number of pyridine rings is 1. The van der Waals surface area contributed by atoms with Gasteiger partial charge in [0.1, 0.15) is 0 Å². The van der Waals surface area contributed by atoms with Crippen LogP contribution in [-0.4, -0.2) is 74.2 Å². The Hall–Kier alpha value is -1.02. The van der Waals surface area contributed by atoms with E-state index in [1.54, 1.807) is 11.2 Å². The number of hydrogen-bond donors (Lipinski definition) is 1. The van der Waals surface area contributed by atoms with Crippen molar-refractivity contribution in [3.8, 4) is 0 Å². The molecule has 0 atom stereocenters. The fourth-order valence-electron chi connectivity index (χ4n) is 3.96. The van der Waals surface area contributed by atoms with Gasteiger partial charge < -0.3 is 5.32 Å². The van der Waals surface area contributed by atoms with Gasteiger partial charge in [0.2, 0.25) is 10.0 Å². The molecule has 140 valence electrons. The van der Waals surface area contributed by atoms with Crippen LogP contribution in [0.25, 0.3) is 0 Å². The van der Waals surface area contributed by atoms with Crippen LogP contribution in [-0.2, 0) is 15.4 Å². The lowest BCUT2D eigenvalue weighted by Gasteiger charge is -2.43. The van der Waals surface area contributed by atoms with E-state index in [1.807, 2.05) is 6.20 Å². The van der Waals surface area contributed by atoms with E-state index in [9.17, 15) is 8.42 Å². The van der Waals surface area contributed by atoms with Crippen molar-refractivity contribution >= 4 is 10.0 Å². The fourth-order valence-corrected chi connectivity index (χ4v) is 5.04. The summed E-state index contributed by atoms with van der Waals surface area (Å²) in [5.41, 5.74) is 2.44. The van der Waals surface area contributed by atoms with Crippen LogP contribution in [0.1, 0.15) is 31.0 Å². The number of aryl methyl sites for hydroxylation is 1. The molecule has 2 fully saturated rings. The van der Waals surface area contributed by atoms with Gasteiger partial charge in [0.05, 0.1) is 5.75 Å². The second kappa shape index (κ2) is 7.70. The highest BCUT2D eigenvalue weighted by atomic mass is 32.2. The van der Waals surface area contributed by atoms with Gasteiger partial charge in [-0.3, -0.25) is 9.88 Å². The molecule has 6 nitrogen and oxygen atoms in total. The van der Waals surface area contributed by atoms with E-state index in [1.165, 1.54) is 11.3 Å². The molecule has 1 aromatic rings. The maximum Gasteiger partial charge on any atom is 0.213 e. The minimum atomic E-state index is -3.07. The second-order valence-electron chi connectivity index (χ2n) is 7.33. The highest BCUT2D eigenvalue weighted by molar-refractivity contribution is 7.89. The molecule has 0 aliphatic carbocycles. The Kier molecular flexibility index (Phi) is 5.78. The molecule has 1 aromatic heterocycles. The number of piperazine rings is 1. The molecule has 0 unspecified atom stereocenters. The van der Waals surface area contributed by atoms with Gasteiger partial charge in [-0.25, -0.2) is 8.42 Å². The first-order valence-electron chi connectivity index (χ1n) is 9.29. The summed E-state index contributed by atoms with van der Waals surface area (Å²) in [4.78, 5) is 7.17. The number of rotatable bonds is 5. The maximum absolute atomic E-state index is 12.1. The van der Waals surface area contributed by atoms with Gasteiger partial charge in [0.15, 0.2) is 0 Å². The van der Waals surface area contributed by atoms with Gasteiger partial charge in [-0.05, 0) is 51.4 Å². The van der Waals surface area contributed by atoms with Crippen molar-refractivity contribution in [3.05, 3.63) is 29.6 Å². The van der Waals surface area contributed by atoms with Crippen molar-refractivity contribution in [2.45, 2.75) is 32.1 Å². The molecule has 0 bridgehead atoms. The van der Waals surface area contributed by atoms with Crippen molar-refractivity contribution < 1.29 is 8.42 Å². The quantitative estimate of drug-likeness (QED) is 0.841. The molecule has 0 radical (unpaired) electrons. The van der Waals surface area contributed by atoms with Crippen molar-refractivity contribution in [2.75, 3.05) is 51.6 Å². The molecule has 0 saturated carbocycles. The number of hydrogen-bond acceptors (Lipinski definition) is 5. The maximum atomic E-state index is 12.1. The largest absolute Gasteiger partial charge is 0.317 e. The Labute approximate surface area is 151 Å². The Morgan fingerprint density at radius 1 is 1.16 bits per heavy atom. The summed E-state index contributed by atoms with van der Waals surface area (Å²) in [6.07, 6.45) is 4.12. The third kappa shape index (κ3) is 4.22. The Morgan fingerprint density at radius 2 is 1.84 bits per heavy atom. The standard InChI is InChI=1S/C18H30N4O2S/c1-3-25(23,24)22-12-10-21(11-13-22)15-18(6-8-19-9-7-18)17-5-4-16(2)14-20-17/h4-5,14,19H,3,6-13,15H2,1-2H3. The van der Waals surface area contributed by atoms with Gasteiger partial charge in [-0.15, -0.1) is 0 Å². The Bertz CT molecular complexity index is 661. The number of piperidine rings is 1. The molecule has 0 aromatic carbocycles. The van der Waals surface area contributed by atoms with E-state index in [0.29, 0.717) is 13.1 Å². The SMILES string of the molecule is CCS(=O)(=O)N1CCN(CC2(c3ccc(C)cn3)CCNCC2)CC1. The van der Waals surface area contributed by atoms with Gasteiger partial charge in [-0.2, -0.15) is 4.31 Å².